The van der Waals surface area contributed by atoms with Crippen LogP contribution in [0, 0.1) is 0 Å². The van der Waals surface area contributed by atoms with Gasteiger partial charge >= 0.3 is 0 Å². The third kappa shape index (κ3) is 4.48. The largest absolute Gasteiger partial charge is 0.310 e. The van der Waals surface area contributed by atoms with Gasteiger partial charge in [-0.3, -0.25) is 0 Å². The maximum Gasteiger partial charge on any atom is 0.114 e. The van der Waals surface area contributed by atoms with Crippen molar-refractivity contribution in [1.82, 2.24) is 0 Å². The Bertz CT molecular complexity index is 3010. The zero-order valence-electron chi connectivity index (χ0n) is 30.9. The normalized spacial score (nSPS) is 14.6. The average molecular weight is 742 g/mol. The molecule has 0 fully saturated rings. The van der Waals surface area contributed by atoms with Crippen molar-refractivity contribution in [2.45, 2.75) is 26.2 Å². The first-order valence-electron chi connectivity index (χ1n) is 19.0. The van der Waals surface area contributed by atoms with Crippen LogP contribution in [0.1, 0.15) is 0 Å². The summed E-state index contributed by atoms with van der Waals surface area (Å²) in [5.41, 5.74) is 11.8. The Morgan fingerprint density at radius 2 is 1.07 bits per heavy atom. The molecule has 11 rings (SSSR count). The van der Waals surface area contributed by atoms with E-state index in [0.717, 1.165) is 0 Å². The summed E-state index contributed by atoms with van der Waals surface area (Å²) in [5.74, 6) is 0. The second-order valence-corrected chi connectivity index (χ2v) is 25.8. The van der Waals surface area contributed by atoms with Crippen LogP contribution in [-0.2, 0) is 0 Å². The highest BCUT2D eigenvalue weighted by atomic mass is 32.1. The molecule has 0 N–H and O–H groups in total. The highest BCUT2D eigenvalue weighted by molar-refractivity contribution is 7.26. The number of hydrogen-bond donors (Lipinski definition) is 0. The maximum atomic E-state index is 2.56. The van der Waals surface area contributed by atoms with Crippen LogP contribution >= 0.6 is 11.3 Å². The van der Waals surface area contributed by atoms with Gasteiger partial charge in [0.15, 0.2) is 0 Å². The summed E-state index contributed by atoms with van der Waals surface area (Å²) in [6.07, 6.45) is 0. The van der Waals surface area contributed by atoms with Crippen LogP contribution in [-0.4, -0.2) is 16.1 Å². The Kier molecular flexibility index (Phi) is 6.80. The van der Waals surface area contributed by atoms with Crippen molar-refractivity contribution < 1.29 is 0 Å². The topological polar surface area (TPSA) is 3.24 Å². The van der Waals surface area contributed by atoms with Gasteiger partial charge in [-0.1, -0.05) is 148 Å². The maximum absolute atomic E-state index is 2.56. The molecule has 0 bridgehead atoms. The van der Waals surface area contributed by atoms with Gasteiger partial charge in [0, 0.05) is 42.7 Å². The molecule has 0 radical (unpaired) electrons. The number of benzene rings is 8. The molecule has 258 valence electrons. The van der Waals surface area contributed by atoms with Gasteiger partial charge < -0.3 is 4.90 Å². The SMILES string of the molecule is C[Si]1(C)c2ccccc2-c2cc(N(c3ccc(-c4ccc5ccccc5c4)cc3)c3cccc4c3-c3c(ccc5c3sc3ccccc35)[Si]4(C)C)ccc21. The molecule has 2 aliphatic heterocycles. The van der Waals surface area contributed by atoms with Crippen molar-refractivity contribution in [3.05, 3.63) is 164 Å². The molecule has 0 saturated heterocycles. The number of anilines is 3. The Morgan fingerprint density at radius 3 is 1.94 bits per heavy atom. The summed E-state index contributed by atoms with van der Waals surface area (Å²) in [6, 6.07) is 62.1. The van der Waals surface area contributed by atoms with Gasteiger partial charge in [0.2, 0.25) is 0 Å². The molecule has 3 heterocycles. The second kappa shape index (κ2) is 11.5. The average Bonchev–Trinajstić information content (AvgIpc) is 3.78. The lowest BCUT2D eigenvalue weighted by Gasteiger charge is -2.29. The van der Waals surface area contributed by atoms with Gasteiger partial charge in [0.25, 0.3) is 0 Å². The first-order valence-corrected chi connectivity index (χ1v) is 25.8. The fourth-order valence-electron chi connectivity index (χ4n) is 9.66. The number of thiophene rings is 1. The second-order valence-electron chi connectivity index (χ2n) is 16.1. The predicted octanol–water partition coefficient (Wildman–Crippen LogP) is 12.0. The molecule has 0 saturated carbocycles. The van der Waals surface area contributed by atoms with Crippen molar-refractivity contribution in [2.75, 3.05) is 4.90 Å². The Labute approximate surface area is 322 Å². The van der Waals surface area contributed by atoms with Gasteiger partial charge in [0.05, 0.1) is 5.69 Å². The van der Waals surface area contributed by atoms with E-state index in [-0.39, 0.29) is 0 Å². The van der Waals surface area contributed by atoms with Gasteiger partial charge in [0.1, 0.15) is 16.1 Å². The van der Waals surface area contributed by atoms with E-state index in [0.29, 0.717) is 0 Å². The Hall–Kier alpha value is -5.53. The molecule has 9 aromatic rings. The van der Waals surface area contributed by atoms with Crippen molar-refractivity contribution >= 4 is 96.2 Å². The van der Waals surface area contributed by atoms with Gasteiger partial charge in [-0.2, -0.15) is 0 Å². The van der Waals surface area contributed by atoms with E-state index in [9.17, 15) is 0 Å². The first kappa shape index (κ1) is 32.0. The molecule has 8 aromatic carbocycles. The Morgan fingerprint density at radius 1 is 0.426 bits per heavy atom. The lowest BCUT2D eigenvalue weighted by Crippen LogP contribution is -2.49. The quantitative estimate of drug-likeness (QED) is 0.162. The molecule has 0 aliphatic carbocycles. The smallest absolute Gasteiger partial charge is 0.114 e. The van der Waals surface area contributed by atoms with E-state index >= 15 is 0 Å². The zero-order valence-corrected chi connectivity index (χ0v) is 33.8. The molecule has 0 unspecified atom stereocenters. The minimum absolute atomic E-state index is 1.17. The number of hydrogen-bond acceptors (Lipinski definition) is 2. The number of fused-ring (bicyclic) bond motifs is 11. The highest BCUT2D eigenvalue weighted by Gasteiger charge is 2.42. The molecule has 0 atom stereocenters. The van der Waals surface area contributed by atoms with Crippen molar-refractivity contribution in [3.63, 3.8) is 0 Å². The van der Waals surface area contributed by atoms with E-state index in [4.69, 9.17) is 0 Å². The number of rotatable bonds is 4. The van der Waals surface area contributed by atoms with Crippen molar-refractivity contribution in [3.8, 4) is 33.4 Å². The van der Waals surface area contributed by atoms with Crippen LogP contribution in [0.5, 0.6) is 0 Å². The summed E-state index contributed by atoms with van der Waals surface area (Å²) < 4.78 is 2.78. The van der Waals surface area contributed by atoms with E-state index in [1.165, 1.54) is 96.9 Å². The molecule has 1 aromatic heterocycles. The van der Waals surface area contributed by atoms with Crippen LogP contribution in [0.25, 0.3) is 64.3 Å². The highest BCUT2D eigenvalue weighted by Crippen LogP contribution is 2.48. The number of nitrogens with zero attached hydrogens (tertiary/aromatic N) is 1. The van der Waals surface area contributed by atoms with Gasteiger partial charge in [-0.15, -0.1) is 11.3 Å². The Balaban J connectivity index is 1.15. The van der Waals surface area contributed by atoms with Gasteiger partial charge in [-0.25, -0.2) is 0 Å². The molecule has 2 aliphatic rings. The monoisotopic (exact) mass is 741 g/mol. The van der Waals surface area contributed by atoms with Crippen LogP contribution in [0.15, 0.2) is 164 Å². The van der Waals surface area contributed by atoms with Crippen LogP contribution in [0.3, 0.4) is 0 Å². The van der Waals surface area contributed by atoms with Crippen LogP contribution in [0.4, 0.5) is 17.1 Å². The molecule has 0 amide bonds. The summed E-state index contributed by atoms with van der Waals surface area (Å²) in [7, 11) is -3.80. The molecular formula is C50H39NSSi2. The van der Waals surface area contributed by atoms with Crippen molar-refractivity contribution in [2.24, 2.45) is 0 Å². The van der Waals surface area contributed by atoms with Crippen LogP contribution in [0.2, 0.25) is 26.2 Å². The minimum atomic E-state index is -2.00. The minimum Gasteiger partial charge on any atom is -0.310 e. The van der Waals surface area contributed by atoms with Crippen LogP contribution < -0.4 is 25.6 Å². The summed E-state index contributed by atoms with van der Waals surface area (Å²) in [6.45, 7) is 10.1. The lowest BCUT2D eigenvalue weighted by atomic mass is 9.98. The molecule has 0 spiro atoms. The molecular weight excluding hydrogens is 703 g/mol. The first-order chi connectivity index (χ1) is 26.3. The van der Waals surface area contributed by atoms with E-state index < -0.39 is 16.1 Å². The molecule has 1 nitrogen and oxygen atoms in total. The summed E-state index contributed by atoms with van der Waals surface area (Å²) >= 11 is 1.96. The predicted molar refractivity (Wildman–Crippen MR) is 241 cm³/mol. The standard InChI is InChI=1S/C50H39NSSi2/c1-53(2)44-18-10-8-15-39(44)41-31-37(26-28-45(41)53)51(36-24-22-33(23-25-36)35-21-20-32-12-5-6-13-34(32)30-35)42-16-11-19-46-48(42)49-47(54(46,3)4)29-27-40-38-14-7-9-17-43(38)52-50(40)49/h5-31H,1-4H3. The zero-order chi connectivity index (χ0) is 36.3. The van der Waals surface area contributed by atoms with Crippen molar-refractivity contribution in [1.29, 1.82) is 0 Å². The third-order valence-corrected chi connectivity index (χ3v) is 20.8. The fraction of sp³-hybridized carbons (Fsp3) is 0.0800. The summed E-state index contributed by atoms with van der Waals surface area (Å²) in [5, 5.41) is 11.4. The summed E-state index contributed by atoms with van der Waals surface area (Å²) in [4.78, 5) is 2.56. The lowest BCUT2D eigenvalue weighted by molar-refractivity contribution is 1.29. The van der Waals surface area contributed by atoms with Gasteiger partial charge in [-0.05, 0) is 96.2 Å². The molecule has 54 heavy (non-hydrogen) atoms. The molecule has 4 heteroatoms. The fourth-order valence-corrected chi connectivity index (χ4v) is 17.1. The van der Waals surface area contributed by atoms with E-state index in [1.54, 1.807) is 5.19 Å². The van der Waals surface area contributed by atoms with E-state index in [2.05, 4.69) is 195 Å². The van der Waals surface area contributed by atoms with E-state index in [1.807, 2.05) is 11.3 Å². The third-order valence-electron chi connectivity index (χ3n) is 12.5.